The minimum absolute atomic E-state index is 0.0372. The lowest BCUT2D eigenvalue weighted by molar-refractivity contribution is -0.122. The number of Topliss-reactive ketones (excluding diaryl/α,β-unsaturated/α-hetero) is 1. The molecule has 16 heavy (non-hydrogen) atoms. The van der Waals surface area contributed by atoms with Gasteiger partial charge in [-0.3, -0.25) is 4.79 Å². The van der Waals surface area contributed by atoms with Crippen LogP contribution in [0.1, 0.15) is 58.3 Å². The summed E-state index contributed by atoms with van der Waals surface area (Å²) in [5.41, 5.74) is 0. The van der Waals surface area contributed by atoms with Crippen LogP contribution in [-0.4, -0.2) is 17.0 Å². The van der Waals surface area contributed by atoms with E-state index in [9.17, 15) is 9.90 Å². The molecule has 2 rings (SSSR count). The Morgan fingerprint density at radius 3 is 1.75 bits per heavy atom. The number of carbonyl (C=O) groups excluding carboxylic acids is 1. The monoisotopic (exact) mass is 224 g/mol. The Morgan fingerprint density at radius 1 is 0.875 bits per heavy atom. The first-order valence-electron chi connectivity index (χ1n) is 6.85. The number of aliphatic hydroxyl groups excluding tert-OH is 1. The molecular formula is C14H24O2. The summed E-state index contributed by atoms with van der Waals surface area (Å²) in [5.74, 6) is 2.40. The molecule has 2 saturated carbocycles. The fraction of sp³-hybridized carbons (Fsp3) is 0.929. The van der Waals surface area contributed by atoms with Crippen molar-refractivity contribution in [3.05, 3.63) is 0 Å². The van der Waals surface area contributed by atoms with Crippen molar-refractivity contribution in [1.82, 2.24) is 0 Å². The van der Waals surface area contributed by atoms with Crippen molar-refractivity contribution in [1.29, 1.82) is 0 Å². The molecule has 1 N–H and O–H groups in total. The van der Waals surface area contributed by atoms with Crippen LogP contribution < -0.4 is 0 Å². The Hall–Kier alpha value is -0.370. The normalized spacial score (nSPS) is 40.6. The standard InChI is InChI=1S/C14H24O2/c1-10(15)11-2-4-12(5-3-11)13-6-8-14(16)9-7-13/h11-14,16H,2-9H2,1H3. The molecule has 2 aliphatic rings. The van der Waals surface area contributed by atoms with Crippen LogP contribution in [0.5, 0.6) is 0 Å². The number of aliphatic hydroxyl groups is 1. The first-order valence-corrected chi connectivity index (χ1v) is 6.85. The number of rotatable bonds is 2. The van der Waals surface area contributed by atoms with Crippen molar-refractivity contribution in [2.75, 3.05) is 0 Å². The zero-order valence-electron chi connectivity index (χ0n) is 10.3. The fourth-order valence-corrected chi connectivity index (χ4v) is 3.57. The zero-order valence-corrected chi connectivity index (χ0v) is 10.3. The van der Waals surface area contributed by atoms with Crippen molar-refractivity contribution >= 4 is 5.78 Å². The smallest absolute Gasteiger partial charge is 0.132 e. The van der Waals surface area contributed by atoms with Gasteiger partial charge in [0.2, 0.25) is 0 Å². The van der Waals surface area contributed by atoms with E-state index in [1.807, 2.05) is 0 Å². The second-order valence-corrected chi connectivity index (χ2v) is 5.79. The molecule has 0 saturated heterocycles. The number of hydrogen-bond acceptors (Lipinski definition) is 2. The average Bonchev–Trinajstić information content (AvgIpc) is 2.30. The Bertz CT molecular complexity index is 233. The zero-order chi connectivity index (χ0) is 11.5. The molecule has 92 valence electrons. The quantitative estimate of drug-likeness (QED) is 0.783. The van der Waals surface area contributed by atoms with Gasteiger partial charge in [0.25, 0.3) is 0 Å². The molecular weight excluding hydrogens is 200 g/mol. The highest BCUT2D eigenvalue weighted by Gasteiger charge is 2.31. The molecule has 0 unspecified atom stereocenters. The van der Waals surface area contributed by atoms with Crippen LogP contribution in [0.15, 0.2) is 0 Å². The molecule has 2 nitrogen and oxygen atoms in total. The third-order valence-electron chi connectivity index (χ3n) is 4.75. The summed E-state index contributed by atoms with van der Waals surface area (Å²) in [4.78, 5) is 11.3. The summed E-state index contributed by atoms with van der Waals surface area (Å²) in [5, 5.41) is 9.50. The van der Waals surface area contributed by atoms with Crippen LogP contribution in [-0.2, 0) is 4.79 Å². The molecule has 2 fully saturated rings. The molecule has 0 spiro atoms. The van der Waals surface area contributed by atoms with Gasteiger partial charge in [-0.25, -0.2) is 0 Å². The molecule has 0 heterocycles. The van der Waals surface area contributed by atoms with Crippen molar-refractivity contribution in [2.24, 2.45) is 17.8 Å². The molecule has 2 aliphatic carbocycles. The van der Waals surface area contributed by atoms with Gasteiger partial charge in [-0.05, 0) is 70.1 Å². The molecule has 0 amide bonds. The third-order valence-corrected chi connectivity index (χ3v) is 4.75. The van der Waals surface area contributed by atoms with Gasteiger partial charge < -0.3 is 5.11 Å². The fourth-order valence-electron chi connectivity index (χ4n) is 3.57. The van der Waals surface area contributed by atoms with Gasteiger partial charge in [0.05, 0.1) is 6.10 Å². The number of carbonyl (C=O) groups is 1. The molecule has 0 bridgehead atoms. The van der Waals surface area contributed by atoms with Gasteiger partial charge in [0.15, 0.2) is 0 Å². The Labute approximate surface area is 98.4 Å². The minimum Gasteiger partial charge on any atom is -0.393 e. The van der Waals surface area contributed by atoms with Gasteiger partial charge in [0, 0.05) is 5.92 Å². The summed E-state index contributed by atoms with van der Waals surface area (Å²) in [6.45, 7) is 1.74. The Morgan fingerprint density at radius 2 is 1.31 bits per heavy atom. The predicted molar refractivity (Wildman–Crippen MR) is 64.1 cm³/mol. The lowest BCUT2D eigenvalue weighted by Crippen LogP contribution is -2.28. The third kappa shape index (κ3) is 2.85. The summed E-state index contributed by atoms with van der Waals surface area (Å²) < 4.78 is 0. The first-order chi connectivity index (χ1) is 7.66. The highest BCUT2D eigenvalue weighted by atomic mass is 16.3. The van der Waals surface area contributed by atoms with Crippen LogP contribution in [0.3, 0.4) is 0 Å². The van der Waals surface area contributed by atoms with E-state index >= 15 is 0 Å². The van der Waals surface area contributed by atoms with Crippen molar-refractivity contribution in [3.63, 3.8) is 0 Å². The molecule has 0 aliphatic heterocycles. The molecule has 0 radical (unpaired) electrons. The maximum absolute atomic E-state index is 11.3. The number of ketones is 1. The van der Waals surface area contributed by atoms with E-state index in [2.05, 4.69) is 0 Å². The molecule has 0 aromatic carbocycles. The number of hydrogen-bond donors (Lipinski definition) is 1. The van der Waals surface area contributed by atoms with Crippen LogP contribution in [0.25, 0.3) is 0 Å². The van der Waals surface area contributed by atoms with E-state index in [0.29, 0.717) is 11.7 Å². The van der Waals surface area contributed by atoms with Crippen molar-refractivity contribution in [2.45, 2.75) is 64.4 Å². The van der Waals surface area contributed by atoms with Gasteiger partial charge in [-0.2, -0.15) is 0 Å². The van der Waals surface area contributed by atoms with Gasteiger partial charge in [-0.1, -0.05) is 0 Å². The van der Waals surface area contributed by atoms with Crippen molar-refractivity contribution < 1.29 is 9.90 Å². The van der Waals surface area contributed by atoms with Gasteiger partial charge in [0.1, 0.15) is 5.78 Å². The van der Waals surface area contributed by atoms with E-state index in [-0.39, 0.29) is 6.10 Å². The summed E-state index contributed by atoms with van der Waals surface area (Å²) >= 11 is 0. The highest BCUT2D eigenvalue weighted by Crippen LogP contribution is 2.40. The van der Waals surface area contributed by atoms with Crippen LogP contribution in [0, 0.1) is 17.8 Å². The lowest BCUT2D eigenvalue weighted by Gasteiger charge is -2.36. The molecule has 0 aromatic rings. The van der Waals surface area contributed by atoms with Gasteiger partial charge in [-0.15, -0.1) is 0 Å². The maximum Gasteiger partial charge on any atom is 0.132 e. The second kappa shape index (κ2) is 5.31. The molecule has 2 heteroatoms. The van der Waals surface area contributed by atoms with E-state index in [1.54, 1.807) is 6.92 Å². The Kier molecular flexibility index (Phi) is 4.01. The van der Waals surface area contributed by atoms with E-state index in [1.165, 1.54) is 25.7 Å². The Balaban J connectivity index is 1.78. The van der Waals surface area contributed by atoms with E-state index in [4.69, 9.17) is 0 Å². The average molecular weight is 224 g/mol. The summed E-state index contributed by atoms with van der Waals surface area (Å²) in [6.07, 6.45) is 9.07. The van der Waals surface area contributed by atoms with Crippen molar-refractivity contribution in [3.8, 4) is 0 Å². The molecule has 0 atom stereocenters. The van der Waals surface area contributed by atoms with Crippen LogP contribution in [0.4, 0.5) is 0 Å². The SMILES string of the molecule is CC(=O)C1CCC(C2CCC(O)CC2)CC1. The first kappa shape index (κ1) is 12.1. The topological polar surface area (TPSA) is 37.3 Å². The van der Waals surface area contributed by atoms with Gasteiger partial charge >= 0.3 is 0 Å². The predicted octanol–water partition coefficient (Wildman–Crippen LogP) is 2.93. The van der Waals surface area contributed by atoms with E-state index < -0.39 is 0 Å². The summed E-state index contributed by atoms with van der Waals surface area (Å²) in [7, 11) is 0. The lowest BCUT2D eigenvalue weighted by atomic mass is 9.70. The summed E-state index contributed by atoms with van der Waals surface area (Å²) in [6, 6.07) is 0. The largest absolute Gasteiger partial charge is 0.393 e. The highest BCUT2D eigenvalue weighted by molar-refractivity contribution is 5.78. The van der Waals surface area contributed by atoms with Crippen LogP contribution in [0.2, 0.25) is 0 Å². The second-order valence-electron chi connectivity index (χ2n) is 5.79. The van der Waals surface area contributed by atoms with E-state index in [0.717, 1.165) is 37.5 Å². The molecule has 0 aromatic heterocycles. The van der Waals surface area contributed by atoms with Crippen LogP contribution >= 0.6 is 0 Å². The minimum atomic E-state index is -0.0372. The maximum atomic E-state index is 11.3.